The molecule has 144 valence electrons. The van der Waals surface area contributed by atoms with Gasteiger partial charge >= 0.3 is 0 Å². The molecule has 27 heavy (non-hydrogen) atoms. The molecule has 1 saturated heterocycles. The second-order valence-corrected chi connectivity index (χ2v) is 7.72. The first kappa shape index (κ1) is 19.4. The maximum Gasteiger partial charge on any atom is 0.251 e. The van der Waals surface area contributed by atoms with Crippen molar-refractivity contribution in [2.45, 2.75) is 26.3 Å². The average Bonchev–Trinajstić information content (AvgIpc) is 3.07. The molecule has 1 aliphatic heterocycles. The Hall–Kier alpha value is -2.32. The average molecular weight is 390 g/mol. The lowest BCUT2D eigenvalue weighted by Gasteiger charge is -2.30. The fourth-order valence-corrected chi connectivity index (χ4v) is 3.84. The predicted octanol–water partition coefficient (Wildman–Crippen LogP) is 2.88. The first-order valence-corrected chi connectivity index (χ1v) is 9.88. The number of carbonyl (C=O) groups excluding carboxylic acids is 2. The van der Waals surface area contributed by atoms with Gasteiger partial charge in [-0.05, 0) is 49.6 Å². The molecule has 2 heterocycles. The van der Waals surface area contributed by atoms with Crippen LogP contribution in [0.4, 0.5) is 9.52 Å². The standard InChI is InChI=1S/C19H23FN4O2S/c1-13-3-2-8-24(10-13)11-16-12-27-19(22-16)23-17(25)9-21-18(26)14-4-6-15(20)7-5-14/h4-7,12-13H,2-3,8-11H2,1H3,(H,21,26)(H,22,23,25)/t13-/m1/s1. The van der Waals surface area contributed by atoms with E-state index in [1.807, 2.05) is 5.38 Å². The molecule has 1 aromatic carbocycles. The van der Waals surface area contributed by atoms with Crippen molar-refractivity contribution in [2.75, 3.05) is 25.0 Å². The van der Waals surface area contributed by atoms with Gasteiger partial charge in [0.05, 0.1) is 12.2 Å². The summed E-state index contributed by atoms with van der Waals surface area (Å²) < 4.78 is 12.9. The van der Waals surface area contributed by atoms with Crippen LogP contribution in [-0.4, -0.2) is 41.3 Å². The van der Waals surface area contributed by atoms with E-state index in [0.29, 0.717) is 16.6 Å². The van der Waals surface area contributed by atoms with Crippen LogP contribution in [0.15, 0.2) is 29.6 Å². The summed E-state index contributed by atoms with van der Waals surface area (Å²) in [6.45, 7) is 5.04. The Morgan fingerprint density at radius 1 is 1.33 bits per heavy atom. The van der Waals surface area contributed by atoms with Crippen molar-refractivity contribution in [2.24, 2.45) is 5.92 Å². The second-order valence-electron chi connectivity index (χ2n) is 6.86. The summed E-state index contributed by atoms with van der Waals surface area (Å²) in [5.74, 6) is -0.480. The van der Waals surface area contributed by atoms with Crippen molar-refractivity contribution in [3.8, 4) is 0 Å². The molecule has 2 amide bonds. The van der Waals surface area contributed by atoms with Crippen molar-refractivity contribution < 1.29 is 14.0 Å². The quantitative estimate of drug-likeness (QED) is 0.795. The molecule has 0 saturated carbocycles. The minimum atomic E-state index is -0.427. The number of hydrogen-bond acceptors (Lipinski definition) is 5. The summed E-state index contributed by atoms with van der Waals surface area (Å²) in [6, 6.07) is 5.15. The topological polar surface area (TPSA) is 74.3 Å². The van der Waals surface area contributed by atoms with Crippen LogP contribution in [0.1, 0.15) is 35.8 Å². The predicted molar refractivity (Wildman–Crippen MR) is 103 cm³/mol. The van der Waals surface area contributed by atoms with Crippen LogP contribution in [0.2, 0.25) is 0 Å². The van der Waals surface area contributed by atoms with E-state index in [1.54, 1.807) is 0 Å². The van der Waals surface area contributed by atoms with Gasteiger partial charge in [-0.1, -0.05) is 6.92 Å². The molecule has 6 nitrogen and oxygen atoms in total. The van der Waals surface area contributed by atoms with E-state index >= 15 is 0 Å². The maximum absolute atomic E-state index is 12.9. The molecule has 2 N–H and O–H groups in total. The molecule has 0 bridgehead atoms. The molecule has 0 radical (unpaired) electrons. The molecule has 8 heteroatoms. The van der Waals surface area contributed by atoms with Crippen molar-refractivity contribution in [3.05, 3.63) is 46.7 Å². The molecule has 1 atom stereocenters. The summed E-state index contributed by atoms with van der Waals surface area (Å²) in [7, 11) is 0. The zero-order valence-corrected chi connectivity index (χ0v) is 16.0. The fourth-order valence-electron chi connectivity index (χ4n) is 3.12. The Balaban J connectivity index is 1.45. The first-order chi connectivity index (χ1) is 13.0. The molecule has 1 fully saturated rings. The summed E-state index contributed by atoms with van der Waals surface area (Å²) in [5.41, 5.74) is 1.25. The van der Waals surface area contributed by atoms with Crippen molar-refractivity contribution in [3.63, 3.8) is 0 Å². The molecule has 1 aliphatic rings. The Morgan fingerprint density at radius 2 is 2.11 bits per heavy atom. The van der Waals surface area contributed by atoms with Gasteiger partial charge in [0.2, 0.25) is 5.91 Å². The van der Waals surface area contributed by atoms with Crippen LogP contribution in [0.3, 0.4) is 0 Å². The van der Waals surface area contributed by atoms with Gasteiger partial charge < -0.3 is 10.6 Å². The number of rotatable bonds is 6. The van der Waals surface area contributed by atoms with E-state index in [9.17, 15) is 14.0 Å². The van der Waals surface area contributed by atoms with Gasteiger partial charge in [-0.3, -0.25) is 14.5 Å². The molecule has 0 aliphatic carbocycles. The lowest BCUT2D eigenvalue weighted by molar-refractivity contribution is -0.115. The van der Waals surface area contributed by atoms with Gasteiger partial charge in [-0.25, -0.2) is 9.37 Å². The fraction of sp³-hybridized carbons (Fsp3) is 0.421. The number of aromatic nitrogens is 1. The number of nitrogens with zero attached hydrogens (tertiary/aromatic N) is 2. The Bertz CT molecular complexity index is 793. The van der Waals surface area contributed by atoms with Crippen LogP contribution in [0.5, 0.6) is 0 Å². The van der Waals surface area contributed by atoms with E-state index in [2.05, 4.69) is 27.4 Å². The van der Waals surface area contributed by atoms with Crippen LogP contribution in [0, 0.1) is 11.7 Å². The van der Waals surface area contributed by atoms with Gasteiger partial charge in [-0.15, -0.1) is 11.3 Å². The van der Waals surface area contributed by atoms with E-state index in [1.165, 1.54) is 48.4 Å². The minimum Gasteiger partial charge on any atom is -0.343 e. The maximum atomic E-state index is 12.9. The Kier molecular flexibility index (Phi) is 6.52. The third-order valence-corrected chi connectivity index (χ3v) is 5.25. The molecule has 2 aromatic rings. The van der Waals surface area contributed by atoms with E-state index < -0.39 is 11.7 Å². The van der Waals surface area contributed by atoms with E-state index in [-0.39, 0.29) is 12.5 Å². The lowest BCUT2D eigenvalue weighted by atomic mass is 10.0. The first-order valence-electron chi connectivity index (χ1n) is 9.00. The van der Waals surface area contributed by atoms with Crippen LogP contribution in [-0.2, 0) is 11.3 Å². The van der Waals surface area contributed by atoms with Crippen LogP contribution < -0.4 is 10.6 Å². The number of likely N-dealkylation sites (tertiary alicyclic amines) is 1. The summed E-state index contributed by atoms with van der Waals surface area (Å²) in [5, 5.41) is 7.69. The SMILES string of the molecule is C[C@@H]1CCCN(Cc2csc(NC(=O)CNC(=O)c3ccc(F)cc3)n2)C1. The monoisotopic (exact) mass is 390 g/mol. The molecule has 1 aromatic heterocycles. The molecular weight excluding hydrogens is 367 g/mol. The number of benzene rings is 1. The summed E-state index contributed by atoms with van der Waals surface area (Å²) in [6.07, 6.45) is 2.49. The Morgan fingerprint density at radius 3 is 2.85 bits per heavy atom. The number of piperidine rings is 1. The zero-order chi connectivity index (χ0) is 19.2. The van der Waals surface area contributed by atoms with Gasteiger partial charge in [0.1, 0.15) is 5.82 Å². The molecular formula is C19H23FN4O2S. The highest BCUT2D eigenvalue weighted by Crippen LogP contribution is 2.20. The third kappa shape index (κ3) is 5.83. The number of halogens is 1. The number of anilines is 1. The highest BCUT2D eigenvalue weighted by atomic mass is 32.1. The number of nitrogens with one attached hydrogen (secondary N) is 2. The molecule has 3 rings (SSSR count). The second kappa shape index (κ2) is 9.05. The number of amides is 2. The van der Waals surface area contributed by atoms with Crippen LogP contribution in [0.25, 0.3) is 0 Å². The van der Waals surface area contributed by atoms with Crippen molar-refractivity contribution in [1.29, 1.82) is 0 Å². The number of hydrogen-bond donors (Lipinski definition) is 2. The number of thiazole rings is 1. The highest BCUT2D eigenvalue weighted by Gasteiger charge is 2.17. The van der Waals surface area contributed by atoms with Gasteiger partial charge in [0, 0.05) is 24.0 Å². The van der Waals surface area contributed by atoms with Gasteiger partial charge in [0.25, 0.3) is 5.91 Å². The molecule has 0 unspecified atom stereocenters. The minimum absolute atomic E-state index is 0.172. The van der Waals surface area contributed by atoms with Gasteiger partial charge in [-0.2, -0.15) is 0 Å². The van der Waals surface area contributed by atoms with E-state index in [4.69, 9.17) is 0 Å². The van der Waals surface area contributed by atoms with E-state index in [0.717, 1.165) is 25.3 Å². The lowest BCUT2D eigenvalue weighted by Crippen LogP contribution is -2.34. The van der Waals surface area contributed by atoms with Crippen molar-refractivity contribution in [1.82, 2.24) is 15.2 Å². The normalized spacial score (nSPS) is 17.5. The third-order valence-electron chi connectivity index (χ3n) is 4.44. The van der Waals surface area contributed by atoms with Crippen molar-refractivity contribution >= 4 is 28.3 Å². The Labute approximate surface area is 161 Å². The largest absolute Gasteiger partial charge is 0.343 e. The molecule has 0 spiro atoms. The smallest absolute Gasteiger partial charge is 0.251 e. The zero-order valence-electron chi connectivity index (χ0n) is 15.2. The van der Waals surface area contributed by atoms with Crippen LogP contribution >= 0.6 is 11.3 Å². The summed E-state index contributed by atoms with van der Waals surface area (Å²) >= 11 is 1.38. The number of carbonyl (C=O) groups is 2. The van der Waals surface area contributed by atoms with Gasteiger partial charge in [0.15, 0.2) is 5.13 Å². The summed E-state index contributed by atoms with van der Waals surface area (Å²) in [4.78, 5) is 30.8. The highest BCUT2D eigenvalue weighted by molar-refractivity contribution is 7.13.